The molecule has 0 atom stereocenters. The van der Waals surface area contributed by atoms with Crippen molar-refractivity contribution in [1.29, 1.82) is 0 Å². The molecule has 0 unspecified atom stereocenters. The average molecular weight is 244 g/mol. The number of carbonyl (C=O) groups is 1. The maximum atomic E-state index is 11.9. The lowest BCUT2D eigenvalue weighted by molar-refractivity contribution is 0.0993. The van der Waals surface area contributed by atoms with Crippen molar-refractivity contribution >= 4 is 17.3 Å². The van der Waals surface area contributed by atoms with E-state index in [1.54, 1.807) is 0 Å². The van der Waals surface area contributed by atoms with Gasteiger partial charge in [0.05, 0.1) is 6.42 Å². The molecule has 3 rings (SSSR count). The minimum absolute atomic E-state index is 0.115. The Bertz CT molecular complexity index is 531. The molecule has 4 heteroatoms. The molecule has 0 spiro atoms. The van der Waals surface area contributed by atoms with E-state index in [0.29, 0.717) is 12.3 Å². The van der Waals surface area contributed by atoms with Gasteiger partial charge in [0.15, 0.2) is 5.78 Å². The highest BCUT2D eigenvalue weighted by atomic mass is 32.1. The molecule has 0 saturated heterocycles. The van der Waals surface area contributed by atoms with Crippen LogP contribution in [0.25, 0.3) is 0 Å². The van der Waals surface area contributed by atoms with Gasteiger partial charge in [0.25, 0.3) is 0 Å². The van der Waals surface area contributed by atoms with Crippen molar-refractivity contribution in [2.24, 2.45) is 0 Å². The van der Waals surface area contributed by atoms with Gasteiger partial charge in [-0.1, -0.05) is 30.3 Å². The van der Waals surface area contributed by atoms with Crippen LogP contribution in [-0.2, 0) is 6.42 Å². The second-order valence-electron chi connectivity index (χ2n) is 4.29. The monoisotopic (exact) mass is 244 g/mol. The van der Waals surface area contributed by atoms with Gasteiger partial charge in [0.2, 0.25) is 0 Å². The Morgan fingerprint density at radius 3 is 2.76 bits per heavy atom. The first-order chi connectivity index (χ1) is 8.33. The maximum Gasteiger partial charge on any atom is 0.169 e. The van der Waals surface area contributed by atoms with Gasteiger partial charge in [-0.25, -0.2) is 4.98 Å². The Labute approximate surface area is 104 Å². The zero-order chi connectivity index (χ0) is 11.7. The van der Waals surface area contributed by atoms with Crippen molar-refractivity contribution in [1.82, 2.24) is 9.36 Å². The number of hydrogen-bond donors (Lipinski definition) is 0. The number of nitrogens with zero attached hydrogens (tertiary/aromatic N) is 2. The van der Waals surface area contributed by atoms with Gasteiger partial charge < -0.3 is 0 Å². The molecule has 2 aromatic rings. The second kappa shape index (κ2) is 4.37. The lowest BCUT2D eigenvalue weighted by Gasteiger charge is -1.96. The fourth-order valence-electron chi connectivity index (χ4n) is 1.71. The minimum Gasteiger partial charge on any atom is -0.294 e. The molecule has 1 heterocycles. The van der Waals surface area contributed by atoms with E-state index in [9.17, 15) is 4.79 Å². The van der Waals surface area contributed by atoms with Crippen molar-refractivity contribution in [3.63, 3.8) is 0 Å². The first-order valence-corrected chi connectivity index (χ1v) is 6.51. The van der Waals surface area contributed by atoms with Crippen LogP contribution in [0.5, 0.6) is 0 Å². The molecule has 0 N–H and O–H groups in total. The third kappa shape index (κ3) is 2.42. The van der Waals surface area contributed by atoms with Crippen molar-refractivity contribution < 1.29 is 4.79 Å². The van der Waals surface area contributed by atoms with Crippen LogP contribution in [0.2, 0.25) is 0 Å². The number of aromatic nitrogens is 2. The highest BCUT2D eigenvalue weighted by molar-refractivity contribution is 7.05. The van der Waals surface area contributed by atoms with E-state index in [4.69, 9.17) is 0 Å². The lowest BCUT2D eigenvalue weighted by atomic mass is 10.1. The summed E-state index contributed by atoms with van der Waals surface area (Å²) in [4.78, 5) is 16.4. The fraction of sp³-hybridized carbons (Fsp3) is 0.308. The minimum atomic E-state index is 0.115. The zero-order valence-corrected chi connectivity index (χ0v) is 10.1. The Morgan fingerprint density at radius 2 is 2.06 bits per heavy atom. The highest BCUT2D eigenvalue weighted by Gasteiger charge is 2.28. The van der Waals surface area contributed by atoms with E-state index in [-0.39, 0.29) is 5.78 Å². The summed E-state index contributed by atoms with van der Waals surface area (Å²) in [5.74, 6) is 1.61. The van der Waals surface area contributed by atoms with Crippen LogP contribution < -0.4 is 0 Å². The van der Waals surface area contributed by atoms with Gasteiger partial charge in [-0.15, -0.1) is 0 Å². The van der Waals surface area contributed by atoms with E-state index in [1.165, 1.54) is 24.4 Å². The SMILES string of the molecule is O=C(Cc1nc(C2CC2)ns1)c1ccccc1. The highest BCUT2D eigenvalue weighted by Crippen LogP contribution is 2.38. The van der Waals surface area contributed by atoms with Crippen LogP contribution in [0.1, 0.15) is 39.9 Å². The first-order valence-electron chi connectivity index (χ1n) is 5.73. The van der Waals surface area contributed by atoms with Crippen LogP contribution in [-0.4, -0.2) is 15.1 Å². The molecular weight excluding hydrogens is 232 g/mol. The van der Waals surface area contributed by atoms with Crippen LogP contribution in [0, 0.1) is 0 Å². The van der Waals surface area contributed by atoms with Gasteiger partial charge in [0, 0.05) is 11.5 Å². The molecule has 1 fully saturated rings. The molecule has 0 bridgehead atoms. The third-order valence-electron chi connectivity index (χ3n) is 2.83. The molecule has 1 saturated carbocycles. The number of ketones is 1. The van der Waals surface area contributed by atoms with E-state index >= 15 is 0 Å². The zero-order valence-electron chi connectivity index (χ0n) is 9.30. The predicted octanol–water partition coefficient (Wildman–Crippen LogP) is 2.84. The molecular formula is C13H12N2OS. The Kier molecular flexibility index (Phi) is 2.73. The summed E-state index contributed by atoms with van der Waals surface area (Å²) < 4.78 is 4.30. The number of hydrogen-bond acceptors (Lipinski definition) is 4. The lowest BCUT2D eigenvalue weighted by Crippen LogP contribution is -2.02. The van der Waals surface area contributed by atoms with Gasteiger partial charge in [-0.05, 0) is 24.4 Å². The molecule has 0 radical (unpaired) electrons. The summed E-state index contributed by atoms with van der Waals surface area (Å²) in [6, 6.07) is 9.34. The summed E-state index contributed by atoms with van der Waals surface area (Å²) in [5, 5.41) is 0.834. The molecule has 0 aliphatic heterocycles. The summed E-state index contributed by atoms with van der Waals surface area (Å²) in [6.45, 7) is 0. The van der Waals surface area contributed by atoms with E-state index in [2.05, 4.69) is 9.36 Å². The normalized spacial score (nSPS) is 14.8. The Morgan fingerprint density at radius 1 is 1.29 bits per heavy atom. The van der Waals surface area contributed by atoms with Gasteiger partial charge >= 0.3 is 0 Å². The summed E-state index contributed by atoms with van der Waals surface area (Å²) in [7, 11) is 0. The molecule has 1 aliphatic rings. The number of benzene rings is 1. The van der Waals surface area contributed by atoms with Crippen LogP contribution in [0.3, 0.4) is 0 Å². The standard InChI is InChI=1S/C13H12N2OS/c16-11(9-4-2-1-3-5-9)8-12-14-13(15-17-12)10-6-7-10/h1-5,10H,6-8H2. The molecule has 1 aromatic carbocycles. The van der Waals surface area contributed by atoms with Crippen LogP contribution >= 0.6 is 11.5 Å². The first kappa shape index (κ1) is 10.6. The maximum absolute atomic E-state index is 11.9. The summed E-state index contributed by atoms with van der Waals surface area (Å²) in [5.41, 5.74) is 0.746. The number of rotatable bonds is 4. The van der Waals surface area contributed by atoms with Crippen LogP contribution in [0.15, 0.2) is 30.3 Å². The second-order valence-corrected chi connectivity index (χ2v) is 5.12. The Hall–Kier alpha value is -1.55. The predicted molar refractivity (Wildman–Crippen MR) is 66.4 cm³/mol. The van der Waals surface area contributed by atoms with E-state index in [1.807, 2.05) is 30.3 Å². The summed E-state index contributed by atoms with van der Waals surface area (Å²) >= 11 is 1.36. The third-order valence-corrected chi connectivity index (χ3v) is 3.56. The van der Waals surface area contributed by atoms with Gasteiger partial charge in [-0.3, -0.25) is 4.79 Å². The number of Topliss-reactive ketones (excluding diaryl/α,β-unsaturated/α-hetero) is 1. The Balaban J connectivity index is 1.71. The summed E-state index contributed by atoms with van der Waals surface area (Å²) in [6.07, 6.45) is 2.76. The number of carbonyl (C=O) groups excluding carboxylic acids is 1. The molecule has 17 heavy (non-hydrogen) atoms. The van der Waals surface area contributed by atoms with Crippen molar-refractivity contribution in [3.05, 3.63) is 46.7 Å². The molecule has 0 amide bonds. The largest absolute Gasteiger partial charge is 0.294 e. The fourth-order valence-corrected chi connectivity index (χ4v) is 2.43. The quantitative estimate of drug-likeness (QED) is 0.777. The van der Waals surface area contributed by atoms with Gasteiger partial charge in [-0.2, -0.15) is 4.37 Å². The van der Waals surface area contributed by atoms with Crippen molar-refractivity contribution in [2.75, 3.05) is 0 Å². The van der Waals surface area contributed by atoms with Crippen molar-refractivity contribution in [2.45, 2.75) is 25.2 Å². The van der Waals surface area contributed by atoms with E-state index in [0.717, 1.165) is 16.4 Å². The van der Waals surface area contributed by atoms with Crippen LogP contribution in [0.4, 0.5) is 0 Å². The average Bonchev–Trinajstić information content (AvgIpc) is 3.12. The van der Waals surface area contributed by atoms with E-state index < -0.39 is 0 Å². The molecule has 1 aromatic heterocycles. The molecule has 3 nitrogen and oxygen atoms in total. The topological polar surface area (TPSA) is 42.9 Å². The molecule has 86 valence electrons. The smallest absolute Gasteiger partial charge is 0.169 e. The van der Waals surface area contributed by atoms with Gasteiger partial charge in [0.1, 0.15) is 10.8 Å². The van der Waals surface area contributed by atoms with Crippen molar-refractivity contribution in [3.8, 4) is 0 Å². The molecule has 1 aliphatic carbocycles.